The maximum absolute atomic E-state index is 12.6. The lowest BCUT2D eigenvalue weighted by Gasteiger charge is -2.22. The van der Waals surface area contributed by atoms with E-state index in [2.05, 4.69) is 55.6 Å². The Morgan fingerprint density at radius 2 is 0.578 bits per heavy atom. The first kappa shape index (κ1) is 88.1. The minimum atomic E-state index is -0.663. The smallest absolute Gasteiger partial charge is 0.305 e. The van der Waals surface area contributed by atoms with Crippen LogP contribution in [0.5, 0.6) is 0 Å². The van der Waals surface area contributed by atoms with Crippen molar-refractivity contribution < 1.29 is 24.5 Å². The number of nitrogens with one attached hydrogen (secondary N) is 1. The number of aliphatic hydroxyl groups excluding tert-OH is 2. The van der Waals surface area contributed by atoms with Gasteiger partial charge in [0.15, 0.2) is 0 Å². The molecule has 0 spiro atoms. The highest BCUT2D eigenvalue weighted by molar-refractivity contribution is 5.76. The van der Waals surface area contributed by atoms with Crippen LogP contribution in [0.1, 0.15) is 463 Å². The normalized spacial score (nSPS) is 12.6. The average Bonchev–Trinajstić information content (AvgIpc) is 3.71. The van der Waals surface area contributed by atoms with Crippen molar-refractivity contribution in [2.24, 2.45) is 0 Å². The summed E-state index contributed by atoms with van der Waals surface area (Å²) in [5.41, 5.74) is 0. The minimum absolute atomic E-state index is 0.00666. The van der Waals surface area contributed by atoms with Gasteiger partial charge in [-0.1, -0.05) is 410 Å². The van der Waals surface area contributed by atoms with Crippen molar-refractivity contribution in [1.29, 1.82) is 0 Å². The standard InChI is InChI=1S/C84H161NO5/c1-3-5-7-9-11-13-15-17-18-19-20-21-37-40-43-46-49-53-56-60-64-68-72-76-82(87)81(80-86)85-83(88)77-73-69-65-61-57-54-50-47-44-41-38-35-33-31-29-27-25-23-22-24-26-28-30-32-34-36-39-42-45-48-51-55-59-63-67-71-75-79-90-84(89)78-74-70-66-62-58-52-16-14-12-10-8-6-4-2/h8,10,14,16,22,24,81-82,86-87H,3-7,9,11-13,15,17-21,23,25-80H2,1-2H3,(H,85,88)/b10-8-,16-14-,24-22-. The molecule has 0 rings (SSSR count). The van der Waals surface area contributed by atoms with Gasteiger partial charge in [0.25, 0.3) is 0 Å². The van der Waals surface area contributed by atoms with Crippen LogP contribution in [0.15, 0.2) is 36.5 Å². The van der Waals surface area contributed by atoms with E-state index >= 15 is 0 Å². The van der Waals surface area contributed by atoms with Crippen LogP contribution in [-0.4, -0.2) is 47.4 Å². The summed E-state index contributed by atoms with van der Waals surface area (Å²) in [6, 6.07) is -0.540. The quantitative estimate of drug-likeness (QED) is 0.0320. The Hall–Kier alpha value is -1.92. The first-order chi connectivity index (χ1) is 44.5. The predicted octanol–water partition coefficient (Wildman–Crippen LogP) is 27.4. The fraction of sp³-hybridized carbons (Fsp3) is 0.905. The molecular formula is C84H161NO5. The van der Waals surface area contributed by atoms with Crippen molar-refractivity contribution in [3.63, 3.8) is 0 Å². The second kappa shape index (κ2) is 79.5. The number of esters is 1. The van der Waals surface area contributed by atoms with Crippen LogP contribution >= 0.6 is 0 Å². The van der Waals surface area contributed by atoms with Crippen molar-refractivity contribution in [1.82, 2.24) is 5.32 Å². The Morgan fingerprint density at radius 1 is 0.311 bits per heavy atom. The molecular weight excluding hydrogens is 1100 g/mol. The summed E-state index contributed by atoms with van der Waals surface area (Å²) >= 11 is 0. The number of aliphatic hydroxyl groups is 2. The highest BCUT2D eigenvalue weighted by atomic mass is 16.5. The molecule has 1 amide bonds. The first-order valence-corrected chi connectivity index (χ1v) is 41.2. The van der Waals surface area contributed by atoms with Gasteiger partial charge in [-0.2, -0.15) is 0 Å². The van der Waals surface area contributed by atoms with Crippen molar-refractivity contribution in [3.05, 3.63) is 36.5 Å². The molecule has 0 saturated heterocycles. The zero-order valence-corrected chi connectivity index (χ0v) is 61.1. The van der Waals surface area contributed by atoms with Crippen LogP contribution in [0.2, 0.25) is 0 Å². The zero-order chi connectivity index (χ0) is 64.9. The SMILES string of the molecule is CCC/C=C\C/C=C\CCCCCCCC(=O)OCCCCCCCCCCCCCCCCCC/C=C\CCCCCCCCCCCCCCCCCCCC(=O)NC(CO)C(O)CCCCCCCCCCCCCCCCCCCCCCCCC. The Balaban J connectivity index is 3.34. The lowest BCUT2D eigenvalue weighted by atomic mass is 10.0. The summed E-state index contributed by atoms with van der Waals surface area (Å²) in [5, 5.41) is 23.5. The molecule has 0 aliphatic rings. The average molecular weight is 1270 g/mol. The van der Waals surface area contributed by atoms with E-state index < -0.39 is 12.1 Å². The molecule has 0 aromatic heterocycles. The Kier molecular flexibility index (Phi) is 77.8. The molecule has 0 fully saturated rings. The van der Waals surface area contributed by atoms with Gasteiger partial charge in [0, 0.05) is 12.8 Å². The first-order valence-electron chi connectivity index (χ1n) is 41.2. The minimum Gasteiger partial charge on any atom is -0.466 e. The second-order valence-electron chi connectivity index (χ2n) is 28.5. The third kappa shape index (κ3) is 75.1. The van der Waals surface area contributed by atoms with Crippen molar-refractivity contribution >= 4 is 11.9 Å². The van der Waals surface area contributed by atoms with Gasteiger partial charge in [-0.15, -0.1) is 0 Å². The zero-order valence-electron chi connectivity index (χ0n) is 61.1. The molecule has 0 saturated carbocycles. The molecule has 0 aromatic rings. The molecule has 532 valence electrons. The van der Waals surface area contributed by atoms with E-state index in [1.165, 1.54) is 379 Å². The Labute approximate surface area is 564 Å². The highest BCUT2D eigenvalue weighted by Gasteiger charge is 2.20. The highest BCUT2D eigenvalue weighted by Crippen LogP contribution is 2.20. The molecule has 0 radical (unpaired) electrons. The monoisotopic (exact) mass is 1260 g/mol. The molecule has 0 bridgehead atoms. The van der Waals surface area contributed by atoms with Crippen LogP contribution in [0.4, 0.5) is 0 Å². The summed E-state index contributed by atoms with van der Waals surface area (Å²) in [6.07, 6.45) is 104. The second-order valence-corrected chi connectivity index (χ2v) is 28.5. The van der Waals surface area contributed by atoms with Crippen LogP contribution in [0, 0.1) is 0 Å². The summed E-state index contributed by atoms with van der Waals surface area (Å²) in [5.74, 6) is -0.0187. The number of carbonyl (C=O) groups excluding carboxylic acids is 2. The molecule has 2 unspecified atom stereocenters. The predicted molar refractivity (Wildman–Crippen MR) is 398 cm³/mol. The summed E-state index contributed by atoms with van der Waals surface area (Å²) < 4.78 is 5.48. The van der Waals surface area contributed by atoms with E-state index in [9.17, 15) is 19.8 Å². The summed E-state index contributed by atoms with van der Waals surface area (Å²) in [6.45, 7) is 4.93. The van der Waals surface area contributed by atoms with Gasteiger partial charge in [0.2, 0.25) is 5.91 Å². The van der Waals surface area contributed by atoms with Crippen LogP contribution in [0.25, 0.3) is 0 Å². The number of unbranched alkanes of at least 4 members (excludes halogenated alkanes) is 61. The van der Waals surface area contributed by atoms with Crippen molar-refractivity contribution in [2.75, 3.05) is 13.2 Å². The molecule has 6 heteroatoms. The van der Waals surface area contributed by atoms with Gasteiger partial charge >= 0.3 is 5.97 Å². The number of ether oxygens (including phenoxy) is 1. The molecule has 0 aliphatic heterocycles. The lowest BCUT2D eigenvalue weighted by molar-refractivity contribution is -0.143. The van der Waals surface area contributed by atoms with Gasteiger partial charge in [-0.25, -0.2) is 0 Å². The largest absolute Gasteiger partial charge is 0.466 e. The van der Waals surface area contributed by atoms with Crippen molar-refractivity contribution in [2.45, 2.75) is 475 Å². The van der Waals surface area contributed by atoms with Crippen LogP contribution in [0.3, 0.4) is 0 Å². The fourth-order valence-electron chi connectivity index (χ4n) is 13.2. The van der Waals surface area contributed by atoms with E-state index in [-0.39, 0.29) is 18.5 Å². The van der Waals surface area contributed by atoms with E-state index in [1.807, 2.05) is 0 Å². The number of hydrogen-bond donors (Lipinski definition) is 3. The van der Waals surface area contributed by atoms with E-state index in [4.69, 9.17) is 4.74 Å². The van der Waals surface area contributed by atoms with Gasteiger partial charge in [-0.3, -0.25) is 9.59 Å². The van der Waals surface area contributed by atoms with Crippen LogP contribution < -0.4 is 5.32 Å². The Morgan fingerprint density at radius 3 is 0.900 bits per heavy atom. The van der Waals surface area contributed by atoms with Gasteiger partial charge in [0.05, 0.1) is 25.4 Å². The molecule has 90 heavy (non-hydrogen) atoms. The molecule has 3 N–H and O–H groups in total. The summed E-state index contributed by atoms with van der Waals surface area (Å²) in [4.78, 5) is 24.6. The third-order valence-corrected chi connectivity index (χ3v) is 19.4. The number of amides is 1. The topological polar surface area (TPSA) is 95.9 Å². The molecule has 2 atom stereocenters. The van der Waals surface area contributed by atoms with Gasteiger partial charge in [0.1, 0.15) is 0 Å². The maximum atomic E-state index is 12.6. The van der Waals surface area contributed by atoms with E-state index in [0.717, 1.165) is 51.4 Å². The van der Waals surface area contributed by atoms with Gasteiger partial charge in [-0.05, 0) is 77.0 Å². The lowest BCUT2D eigenvalue weighted by Crippen LogP contribution is -2.45. The Bertz CT molecular complexity index is 1460. The number of allylic oxidation sites excluding steroid dienone is 6. The summed E-state index contributed by atoms with van der Waals surface area (Å²) in [7, 11) is 0. The molecule has 6 nitrogen and oxygen atoms in total. The molecule has 0 heterocycles. The number of hydrogen-bond acceptors (Lipinski definition) is 5. The third-order valence-electron chi connectivity index (χ3n) is 19.4. The molecule has 0 aromatic carbocycles. The number of rotatable bonds is 78. The molecule has 0 aliphatic carbocycles. The van der Waals surface area contributed by atoms with Crippen LogP contribution in [-0.2, 0) is 14.3 Å². The fourth-order valence-corrected chi connectivity index (χ4v) is 13.2. The number of carbonyl (C=O) groups is 2. The van der Waals surface area contributed by atoms with E-state index in [1.54, 1.807) is 0 Å². The maximum Gasteiger partial charge on any atom is 0.305 e. The van der Waals surface area contributed by atoms with Gasteiger partial charge < -0.3 is 20.3 Å². The van der Waals surface area contributed by atoms with Crippen molar-refractivity contribution in [3.8, 4) is 0 Å². The van der Waals surface area contributed by atoms with E-state index in [0.29, 0.717) is 25.9 Å².